The van der Waals surface area contributed by atoms with Gasteiger partial charge < -0.3 is 15.4 Å². The highest BCUT2D eigenvalue weighted by molar-refractivity contribution is 7.91. The number of ether oxygens (including phenoxy) is 1. The molecule has 0 unspecified atom stereocenters. The fraction of sp³-hybridized carbons (Fsp3) is 0.222. The third kappa shape index (κ3) is 5.05. The van der Waals surface area contributed by atoms with Crippen molar-refractivity contribution in [3.8, 4) is 5.75 Å². The molecule has 11 heteroatoms. The Bertz CT molecular complexity index is 1050. The molecule has 0 radical (unpaired) electrons. The molecule has 0 spiro atoms. The van der Waals surface area contributed by atoms with Gasteiger partial charge in [0.1, 0.15) is 5.75 Å². The zero-order chi connectivity index (χ0) is 21.2. The van der Waals surface area contributed by atoms with E-state index in [1.165, 1.54) is 18.2 Å². The molecule has 154 valence electrons. The summed E-state index contributed by atoms with van der Waals surface area (Å²) in [5, 5.41) is 4.89. The molecule has 2 N–H and O–H groups in total. The van der Waals surface area contributed by atoms with Crippen molar-refractivity contribution in [2.45, 2.75) is 17.5 Å². The van der Waals surface area contributed by atoms with Crippen LogP contribution in [-0.4, -0.2) is 32.6 Å². The summed E-state index contributed by atoms with van der Waals surface area (Å²) in [6.45, 7) is -0.230. The fourth-order valence-electron chi connectivity index (χ4n) is 2.56. The van der Waals surface area contributed by atoms with Gasteiger partial charge in [-0.3, -0.25) is 9.59 Å². The average Bonchev–Trinajstić information content (AvgIpc) is 2.66. The SMILES string of the molecule is O=C(CCS(=O)(=O)c1ccc2c(c1)OCC(=O)N2)Nc1ccc(C(F)(F)F)cc1. The predicted octanol–water partition coefficient (Wildman–Crippen LogP) is 2.84. The van der Waals surface area contributed by atoms with Crippen LogP contribution in [0.3, 0.4) is 0 Å². The van der Waals surface area contributed by atoms with Gasteiger partial charge in [-0.05, 0) is 36.4 Å². The molecular weight excluding hydrogens is 413 g/mol. The lowest BCUT2D eigenvalue weighted by atomic mass is 10.2. The number of carbonyl (C=O) groups excluding carboxylic acids is 2. The molecule has 2 amide bonds. The van der Waals surface area contributed by atoms with Gasteiger partial charge in [0.15, 0.2) is 16.4 Å². The highest BCUT2D eigenvalue weighted by Gasteiger charge is 2.30. The van der Waals surface area contributed by atoms with Crippen molar-refractivity contribution in [1.29, 1.82) is 0 Å². The van der Waals surface area contributed by atoms with E-state index in [1.54, 1.807) is 0 Å². The van der Waals surface area contributed by atoms with E-state index in [1.807, 2.05) is 0 Å². The van der Waals surface area contributed by atoms with Crippen molar-refractivity contribution >= 4 is 33.0 Å². The summed E-state index contributed by atoms with van der Waals surface area (Å²) >= 11 is 0. The van der Waals surface area contributed by atoms with Gasteiger partial charge in [0.2, 0.25) is 5.91 Å². The number of carbonyl (C=O) groups is 2. The van der Waals surface area contributed by atoms with Crippen molar-refractivity contribution in [3.63, 3.8) is 0 Å². The highest BCUT2D eigenvalue weighted by Crippen LogP contribution is 2.31. The number of sulfone groups is 1. The molecule has 0 saturated carbocycles. The molecule has 7 nitrogen and oxygen atoms in total. The Labute approximate surface area is 163 Å². The van der Waals surface area contributed by atoms with Crippen LogP contribution in [0.15, 0.2) is 47.4 Å². The maximum absolute atomic E-state index is 12.5. The highest BCUT2D eigenvalue weighted by atomic mass is 32.2. The Hall–Kier alpha value is -3.08. The van der Waals surface area contributed by atoms with Crippen LogP contribution >= 0.6 is 0 Å². The second-order valence-corrected chi connectivity index (χ2v) is 8.30. The maximum Gasteiger partial charge on any atom is 0.416 e. The molecule has 3 rings (SSSR count). The molecule has 0 fully saturated rings. The smallest absolute Gasteiger partial charge is 0.416 e. The summed E-state index contributed by atoms with van der Waals surface area (Å²) in [6, 6.07) is 7.75. The summed E-state index contributed by atoms with van der Waals surface area (Å²) in [5.74, 6) is -1.31. The first-order valence-electron chi connectivity index (χ1n) is 8.31. The predicted molar refractivity (Wildman–Crippen MR) is 97.3 cm³/mol. The van der Waals surface area contributed by atoms with Gasteiger partial charge in [0.05, 0.1) is 21.9 Å². The number of fused-ring (bicyclic) bond motifs is 1. The Morgan fingerprint density at radius 2 is 1.83 bits per heavy atom. The number of hydrogen-bond donors (Lipinski definition) is 2. The lowest BCUT2D eigenvalue weighted by molar-refractivity contribution is -0.137. The van der Waals surface area contributed by atoms with Crippen LogP contribution in [-0.2, 0) is 25.6 Å². The van der Waals surface area contributed by atoms with E-state index in [0.29, 0.717) is 5.69 Å². The van der Waals surface area contributed by atoms with E-state index in [0.717, 1.165) is 24.3 Å². The maximum atomic E-state index is 12.5. The Kier molecular flexibility index (Phi) is 5.51. The molecule has 0 atom stereocenters. The zero-order valence-corrected chi connectivity index (χ0v) is 15.6. The fourth-order valence-corrected chi connectivity index (χ4v) is 3.81. The average molecular weight is 428 g/mol. The van der Waals surface area contributed by atoms with Crippen molar-refractivity contribution in [3.05, 3.63) is 48.0 Å². The van der Waals surface area contributed by atoms with Gasteiger partial charge in [-0.15, -0.1) is 0 Å². The third-order valence-corrected chi connectivity index (χ3v) is 5.75. The van der Waals surface area contributed by atoms with E-state index in [4.69, 9.17) is 4.74 Å². The van der Waals surface area contributed by atoms with Gasteiger partial charge in [-0.1, -0.05) is 0 Å². The molecule has 29 heavy (non-hydrogen) atoms. The van der Waals surface area contributed by atoms with Crippen LogP contribution in [0.25, 0.3) is 0 Å². The second kappa shape index (κ2) is 7.74. The number of hydrogen-bond acceptors (Lipinski definition) is 5. The second-order valence-electron chi connectivity index (χ2n) is 6.19. The van der Waals surface area contributed by atoms with E-state index >= 15 is 0 Å². The Morgan fingerprint density at radius 1 is 1.14 bits per heavy atom. The molecule has 1 aliphatic heterocycles. The molecule has 1 aliphatic rings. The molecule has 0 aliphatic carbocycles. The summed E-state index contributed by atoms with van der Waals surface area (Å²) < 4.78 is 67.7. The summed E-state index contributed by atoms with van der Waals surface area (Å²) in [7, 11) is -3.82. The summed E-state index contributed by atoms with van der Waals surface area (Å²) in [6.07, 6.45) is -4.88. The van der Waals surface area contributed by atoms with Crippen molar-refractivity contribution in [2.75, 3.05) is 23.0 Å². The van der Waals surface area contributed by atoms with Crippen LogP contribution < -0.4 is 15.4 Å². The van der Waals surface area contributed by atoms with Gasteiger partial charge in [-0.25, -0.2) is 8.42 Å². The van der Waals surface area contributed by atoms with Crippen LogP contribution in [0.5, 0.6) is 5.75 Å². The number of amides is 2. The van der Waals surface area contributed by atoms with Crippen molar-refractivity contribution in [1.82, 2.24) is 0 Å². The number of alkyl halides is 3. The molecule has 2 aromatic carbocycles. The first-order chi connectivity index (χ1) is 13.5. The largest absolute Gasteiger partial charge is 0.482 e. The number of anilines is 2. The molecule has 0 bridgehead atoms. The summed E-state index contributed by atoms with van der Waals surface area (Å²) in [4.78, 5) is 23.1. The minimum Gasteiger partial charge on any atom is -0.482 e. The van der Waals surface area contributed by atoms with E-state index < -0.39 is 39.7 Å². The Balaban J connectivity index is 1.61. The normalized spacial score (nSPS) is 13.8. The monoisotopic (exact) mass is 428 g/mol. The molecule has 1 heterocycles. The summed E-state index contributed by atoms with van der Waals surface area (Å²) in [5.41, 5.74) is -0.387. The topological polar surface area (TPSA) is 102 Å². The van der Waals surface area contributed by atoms with Crippen LogP contribution in [0.2, 0.25) is 0 Å². The standard InChI is InChI=1S/C18H15F3N2O5S/c19-18(20,21)11-1-3-12(4-2-11)22-16(24)7-8-29(26,27)13-5-6-14-15(9-13)28-10-17(25)23-14/h1-6,9H,7-8,10H2,(H,22,24)(H,23,25). The minimum atomic E-state index is -4.49. The van der Waals surface area contributed by atoms with Crippen molar-refractivity contribution < 1.29 is 35.9 Å². The van der Waals surface area contributed by atoms with Crippen LogP contribution in [0.4, 0.5) is 24.5 Å². The molecule has 2 aromatic rings. The lowest BCUT2D eigenvalue weighted by Crippen LogP contribution is -2.25. The van der Waals surface area contributed by atoms with E-state index in [2.05, 4.69) is 10.6 Å². The lowest BCUT2D eigenvalue weighted by Gasteiger charge is -2.18. The Morgan fingerprint density at radius 3 is 2.48 bits per heavy atom. The van der Waals surface area contributed by atoms with Gasteiger partial charge >= 0.3 is 6.18 Å². The molecule has 0 saturated heterocycles. The number of halogens is 3. The van der Waals surface area contributed by atoms with Gasteiger partial charge in [-0.2, -0.15) is 13.2 Å². The number of nitrogens with one attached hydrogen (secondary N) is 2. The first kappa shape index (κ1) is 20.6. The number of rotatable bonds is 5. The van der Waals surface area contributed by atoms with Crippen molar-refractivity contribution in [2.24, 2.45) is 0 Å². The third-order valence-electron chi connectivity index (χ3n) is 4.04. The van der Waals surface area contributed by atoms with Crippen LogP contribution in [0, 0.1) is 0 Å². The molecule has 0 aromatic heterocycles. The number of benzene rings is 2. The quantitative estimate of drug-likeness (QED) is 0.763. The first-order valence-corrected chi connectivity index (χ1v) is 9.96. The van der Waals surface area contributed by atoms with E-state index in [9.17, 15) is 31.2 Å². The minimum absolute atomic E-state index is 0.0743. The van der Waals surface area contributed by atoms with E-state index in [-0.39, 0.29) is 28.8 Å². The zero-order valence-electron chi connectivity index (χ0n) is 14.7. The van der Waals surface area contributed by atoms with Gasteiger partial charge in [0, 0.05) is 18.2 Å². The molecular formula is C18H15F3N2O5S. The van der Waals surface area contributed by atoms with Gasteiger partial charge in [0.25, 0.3) is 5.91 Å². The van der Waals surface area contributed by atoms with Crippen LogP contribution in [0.1, 0.15) is 12.0 Å².